The second-order valence-corrected chi connectivity index (χ2v) is 4.75. The van der Waals surface area contributed by atoms with Gasteiger partial charge in [0, 0.05) is 6.42 Å². The number of fused-ring (bicyclic) bond motifs is 1. The van der Waals surface area contributed by atoms with Crippen LogP contribution in [0.3, 0.4) is 0 Å². The summed E-state index contributed by atoms with van der Waals surface area (Å²) in [5.74, 6) is 0.332. The van der Waals surface area contributed by atoms with Crippen LogP contribution in [0.5, 0.6) is 0 Å². The summed E-state index contributed by atoms with van der Waals surface area (Å²) >= 11 is 0. The van der Waals surface area contributed by atoms with E-state index in [9.17, 15) is 10.2 Å². The Kier molecular flexibility index (Phi) is 2.85. The Morgan fingerprint density at radius 1 is 1.37 bits per heavy atom. The van der Waals surface area contributed by atoms with Crippen LogP contribution in [-0.2, 0) is 4.74 Å². The molecule has 1 saturated heterocycles. The average molecular weight is 265 g/mol. The molecule has 3 heterocycles. The van der Waals surface area contributed by atoms with Gasteiger partial charge in [-0.3, -0.25) is 0 Å². The lowest BCUT2D eigenvalue weighted by Crippen LogP contribution is -2.36. The molecule has 8 heteroatoms. The van der Waals surface area contributed by atoms with Gasteiger partial charge in [-0.05, 0) is 0 Å². The van der Waals surface area contributed by atoms with Gasteiger partial charge >= 0.3 is 0 Å². The fourth-order valence-electron chi connectivity index (χ4n) is 2.41. The van der Waals surface area contributed by atoms with Crippen molar-refractivity contribution in [2.24, 2.45) is 0 Å². The maximum Gasteiger partial charge on any atom is 0.165 e. The van der Waals surface area contributed by atoms with Crippen molar-refractivity contribution in [3.05, 3.63) is 12.7 Å². The molecule has 1 aliphatic heterocycles. The van der Waals surface area contributed by atoms with E-state index in [1.54, 1.807) is 6.33 Å². The van der Waals surface area contributed by atoms with E-state index in [1.165, 1.54) is 6.33 Å². The summed E-state index contributed by atoms with van der Waals surface area (Å²) in [6.45, 7) is -0.0516. The maximum absolute atomic E-state index is 9.33. The van der Waals surface area contributed by atoms with Gasteiger partial charge in [-0.15, -0.1) is 0 Å². The number of nitrogen functional groups attached to an aromatic ring is 1. The highest BCUT2D eigenvalue weighted by atomic mass is 16.5. The highest BCUT2D eigenvalue weighted by molar-refractivity contribution is 5.81. The molecule has 2 aromatic rings. The number of aromatic nitrogens is 4. The Balaban J connectivity index is 1.96. The number of nitrogens with zero attached hydrogens (tertiary/aromatic N) is 4. The largest absolute Gasteiger partial charge is 0.393 e. The first kappa shape index (κ1) is 12.3. The number of ether oxygens (including phenoxy) is 1. The minimum absolute atomic E-state index is 0.0430. The lowest BCUT2D eigenvalue weighted by Gasteiger charge is -2.22. The second kappa shape index (κ2) is 4.41. The number of hydrogen-bond donors (Lipinski definition) is 3. The van der Waals surface area contributed by atoms with Crippen molar-refractivity contribution in [3.63, 3.8) is 0 Å². The fraction of sp³-hybridized carbons (Fsp3) is 0.545. The fourth-order valence-corrected chi connectivity index (χ4v) is 2.41. The quantitative estimate of drug-likeness (QED) is 0.657. The monoisotopic (exact) mass is 265 g/mol. The summed E-state index contributed by atoms with van der Waals surface area (Å²) < 4.78 is 7.38. The van der Waals surface area contributed by atoms with Gasteiger partial charge in [0.15, 0.2) is 11.5 Å². The van der Waals surface area contributed by atoms with Gasteiger partial charge in [0.1, 0.15) is 17.4 Å². The zero-order chi connectivity index (χ0) is 13.5. The molecule has 0 radical (unpaired) electrons. The van der Waals surface area contributed by atoms with Crippen molar-refractivity contribution >= 4 is 17.0 Å². The first-order chi connectivity index (χ1) is 9.19. The predicted molar refractivity (Wildman–Crippen MR) is 66.2 cm³/mol. The zero-order valence-corrected chi connectivity index (χ0v) is 10.2. The number of imidazole rings is 1. The highest BCUT2D eigenvalue weighted by Gasteiger charge is 2.40. The van der Waals surface area contributed by atoms with E-state index >= 15 is 0 Å². The molecule has 19 heavy (non-hydrogen) atoms. The highest BCUT2D eigenvalue weighted by Crippen LogP contribution is 2.34. The number of aliphatic hydroxyl groups is 2. The van der Waals surface area contributed by atoms with Crippen LogP contribution >= 0.6 is 0 Å². The molecule has 0 aliphatic carbocycles. The molecule has 1 unspecified atom stereocenters. The summed E-state index contributed by atoms with van der Waals surface area (Å²) in [5, 5.41) is 18.7. The molecule has 0 aromatic carbocycles. The molecule has 0 bridgehead atoms. The lowest BCUT2D eigenvalue weighted by atomic mass is 10.00. The molecule has 0 spiro atoms. The maximum atomic E-state index is 9.33. The Labute approximate surface area is 108 Å². The smallest absolute Gasteiger partial charge is 0.165 e. The molecule has 4 N–H and O–H groups in total. The predicted octanol–water partition coefficient (Wildman–Crippen LogP) is -0.907. The third kappa shape index (κ3) is 1.84. The second-order valence-electron chi connectivity index (χ2n) is 4.75. The number of nitrogens with two attached hydrogens (primary N) is 1. The van der Waals surface area contributed by atoms with Gasteiger partial charge in [0.05, 0.1) is 32.2 Å². The normalized spacial score (nSPS) is 22.1. The van der Waals surface area contributed by atoms with E-state index in [4.69, 9.17) is 10.5 Å². The SMILES string of the molecule is Nc1ncnc2c1ncn2C1COC(CO)(CO)C1. The molecular weight excluding hydrogens is 250 g/mol. The van der Waals surface area contributed by atoms with Crippen molar-refractivity contribution in [1.82, 2.24) is 19.5 Å². The summed E-state index contributed by atoms with van der Waals surface area (Å²) in [6, 6.07) is -0.0430. The molecular formula is C11H15N5O3. The minimum Gasteiger partial charge on any atom is -0.393 e. The molecule has 0 saturated carbocycles. The Morgan fingerprint density at radius 3 is 2.84 bits per heavy atom. The lowest BCUT2D eigenvalue weighted by molar-refractivity contribution is -0.0719. The van der Waals surface area contributed by atoms with E-state index < -0.39 is 5.60 Å². The molecule has 0 amide bonds. The summed E-state index contributed by atoms with van der Waals surface area (Å²) in [7, 11) is 0. The van der Waals surface area contributed by atoms with Crippen molar-refractivity contribution in [3.8, 4) is 0 Å². The van der Waals surface area contributed by atoms with Crippen LogP contribution in [0.1, 0.15) is 12.5 Å². The molecule has 102 valence electrons. The van der Waals surface area contributed by atoms with Gasteiger partial charge in [-0.1, -0.05) is 0 Å². The number of aliphatic hydroxyl groups excluding tert-OH is 2. The van der Waals surface area contributed by atoms with E-state index in [-0.39, 0.29) is 19.3 Å². The number of anilines is 1. The zero-order valence-electron chi connectivity index (χ0n) is 10.2. The van der Waals surface area contributed by atoms with Crippen LogP contribution < -0.4 is 5.73 Å². The molecule has 3 rings (SSSR count). The molecule has 2 aromatic heterocycles. The van der Waals surface area contributed by atoms with Crippen LogP contribution in [-0.4, -0.2) is 55.2 Å². The third-order valence-electron chi connectivity index (χ3n) is 3.55. The van der Waals surface area contributed by atoms with Gasteiger partial charge in [0.2, 0.25) is 0 Å². The number of hydrogen-bond acceptors (Lipinski definition) is 7. The van der Waals surface area contributed by atoms with Crippen molar-refractivity contribution < 1.29 is 14.9 Å². The van der Waals surface area contributed by atoms with Crippen LogP contribution in [0, 0.1) is 0 Å². The molecule has 1 fully saturated rings. The van der Waals surface area contributed by atoms with Crippen molar-refractivity contribution in [2.45, 2.75) is 18.1 Å². The number of rotatable bonds is 3. The van der Waals surface area contributed by atoms with Gasteiger partial charge in [-0.2, -0.15) is 0 Å². The Morgan fingerprint density at radius 2 is 2.16 bits per heavy atom. The van der Waals surface area contributed by atoms with Gasteiger partial charge in [-0.25, -0.2) is 15.0 Å². The topological polar surface area (TPSA) is 119 Å². The summed E-state index contributed by atoms with van der Waals surface area (Å²) in [6.07, 6.45) is 3.51. The molecule has 8 nitrogen and oxygen atoms in total. The Bertz CT molecular complexity index is 595. The van der Waals surface area contributed by atoms with Gasteiger partial charge in [0.25, 0.3) is 0 Å². The van der Waals surface area contributed by atoms with Crippen molar-refractivity contribution in [2.75, 3.05) is 25.6 Å². The third-order valence-corrected chi connectivity index (χ3v) is 3.55. The minimum atomic E-state index is -0.889. The average Bonchev–Trinajstić information content (AvgIpc) is 3.03. The van der Waals surface area contributed by atoms with E-state index in [2.05, 4.69) is 15.0 Å². The van der Waals surface area contributed by atoms with E-state index in [0.717, 1.165) is 0 Å². The van der Waals surface area contributed by atoms with Crippen molar-refractivity contribution in [1.29, 1.82) is 0 Å². The molecule has 1 aliphatic rings. The first-order valence-corrected chi connectivity index (χ1v) is 5.98. The van der Waals surface area contributed by atoms with Crippen LogP contribution in [0.4, 0.5) is 5.82 Å². The van der Waals surface area contributed by atoms with Gasteiger partial charge < -0.3 is 25.3 Å². The van der Waals surface area contributed by atoms with E-state index in [1.807, 2.05) is 4.57 Å². The summed E-state index contributed by atoms with van der Waals surface area (Å²) in [4.78, 5) is 12.3. The summed E-state index contributed by atoms with van der Waals surface area (Å²) in [5.41, 5.74) is 6.03. The Hall–Kier alpha value is -1.77. The van der Waals surface area contributed by atoms with E-state index in [0.29, 0.717) is 30.0 Å². The van der Waals surface area contributed by atoms with Crippen LogP contribution in [0.25, 0.3) is 11.2 Å². The van der Waals surface area contributed by atoms with Crippen LogP contribution in [0.2, 0.25) is 0 Å². The molecule has 1 atom stereocenters. The first-order valence-electron chi connectivity index (χ1n) is 5.98. The van der Waals surface area contributed by atoms with Crippen LogP contribution in [0.15, 0.2) is 12.7 Å². The standard InChI is InChI=1S/C11H15N5O3/c12-9-8-10(14-5-13-9)16(6-15-8)7-1-11(3-17,4-18)19-2-7/h5-7,17-18H,1-4H2,(H2,12,13,14).